The lowest BCUT2D eigenvalue weighted by atomic mass is 9.89. The first-order valence-electron chi connectivity index (χ1n) is 4.94. The molecular formula is C10H14F3N3O. The summed E-state index contributed by atoms with van der Waals surface area (Å²) in [6, 6.07) is 1.23. The van der Waals surface area contributed by atoms with Crippen LogP contribution in [0.25, 0.3) is 0 Å². The largest absolute Gasteiger partial charge is 0.399 e. The zero-order valence-electron chi connectivity index (χ0n) is 10.0. The Hall–Kier alpha value is -1.53. The van der Waals surface area contributed by atoms with Crippen LogP contribution in [-0.2, 0) is 17.3 Å². The van der Waals surface area contributed by atoms with Gasteiger partial charge < -0.3 is 5.32 Å². The standard InChI is InChI=1S/C10H14F3N3O/c1-6(17)14-8-5-7(15-16(8)4)9(2,3)10(11,12)13/h5H,1-4H3,(H,14,17). The second kappa shape index (κ2) is 4.05. The lowest BCUT2D eigenvalue weighted by Crippen LogP contribution is -2.36. The van der Waals surface area contributed by atoms with Crippen LogP contribution < -0.4 is 5.32 Å². The fraction of sp³-hybridized carbons (Fsp3) is 0.600. The van der Waals surface area contributed by atoms with Gasteiger partial charge in [0.05, 0.1) is 5.69 Å². The zero-order chi connectivity index (χ0) is 13.4. The van der Waals surface area contributed by atoms with E-state index < -0.39 is 11.6 Å². The molecule has 1 rings (SSSR count). The van der Waals surface area contributed by atoms with Gasteiger partial charge in [-0.25, -0.2) is 0 Å². The third kappa shape index (κ3) is 2.59. The minimum atomic E-state index is -4.39. The number of hydrogen-bond acceptors (Lipinski definition) is 2. The van der Waals surface area contributed by atoms with Gasteiger partial charge in [-0.05, 0) is 13.8 Å². The van der Waals surface area contributed by atoms with Crippen LogP contribution in [0.4, 0.5) is 19.0 Å². The van der Waals surface area contributed by atoms with E-state index in [1.165, 1.54) is 24.7 Å². The molecule has 1 N–H and O–H groups in total. The molecule has 1 aromatic rings. The number of halogens is 3. The van der Waals surface area contributed by atoms with Crippen molar-refractivity contribution in [2.24, 2.45) is 7.05 Å². The first-order valence-corrected chi connectivity index (χ1v) is 4.94. The van der Waals surface area contributed by atoms with E-state index in [0.717, 1.165) is 13.8 Å². The summed E-state index contributed by atoms with van der Waals surface area (Å²) in [5.41, 5.74) is -2.18. The highest BCUT2D eigenvalue weighted by atomic mass is 19.4. The normalized spacial score (nSPS) is 12.6. The molecule has 1 heterocycles. The summed E-state index contributed by atoms with van der Waals surface area (Å²) in [4.78, 5) is 10.8. The molecule has 0 spiro atoms. The van der Waals surface area contributed by atoms with Gasteiger partial charge in [0.15, 0.2) is 0 Å². The molecule has 7 heteroatoms. The number of aryl methyl sites for hydroxylation is 1. The molecule has 0 unspecified atom stereocenters. The fourth-order valence-electron chi connectivity index (χ4n) is 1.22. The summed E-state index contributed by atoms with van der Waals surface area (Å²) in [6.45, 7) is 3.38. The van der Waals surface area contributed by atoms with E-state index in [0.29, 0.717) is 0 Å². The van der Waals surface area contributed by atoms with E-state index in [9.17, 15) is 18.0 Å². The molecule has 0 fully saturated rings. The molecule has 0 aliphatic rings. The molecule has 0 aromatic carbocycles. The number of nitrogens with zero attached hydrogens (tertiary/aromatic N) is 2. The molecule has 4 nitrogen and oxygen atoms in total. The maximum atomic E-state index is 12.8. The number of alkyl halides is 3. The number of carbonyl (C=O) groups excluding carboxylic acids is 1. The van der Waals surface area contributed by atoms with Crippen molar-refractivity contribution < 1.29 is 18.0 Å². The van der Waals surface area contributed by atoms with E-state index in [1.807, 2.05) is 0 Å². The molecule has 96 valence electrons. The van der Waals surface area contributed by atoms with Crippen molar-refractivity contribution >= 4 is 11.7 Å². The van der Waals surface area contributed by atoms with Gasteiger partial charge in [0.25, 0.3) is 0 Å². The van der Waals surface area contributed by atoms with Crippen molar-refractivity contribution in [2.75, 3.05) is 5.32 Å². The van der Waals surface area contributed by atoms with Crippen LogP contribution in [-0.4, -0.2) is 21.9 Å². The third-order valence-corrected chi connectivity index (χ3v) is 2.53. The quantitative estimate of drug-likeness (QED) is 0.873. The van der Waals surface area contributed by atoms with Crippen LogP contribution in [0.2, 0.25) is 0 Å². The van der Waals surface area contributed by atoms with E-state index in [4.69, 9.17) is 0 Å². The van der Waals surface area contributed by atoms with Crippen molar-refractivity contribution in [1.82, 2.24) is 9.78 Å². The van der Waals surface area contributed by atoms with E-state index in [-0.39, 0.29) is 17.4 Å². The predicted octanol–water partition coefficient (Wildman–Crippen LogP) is 2.22. The van der Waals surface area contributed by atoms with Gasteiger partial charge in [-0.3, -0.25) is 9.48 Å². The lowest BCUT2D eigenvalue weighted by molar-refractivity contribution is -0.181. The molecule has 1 aromatic heterocycles. The summed E-state index contributed by atoms with van der Waals surface area (Å²) in [6.07, 6.45) is -4.39. The average molecular weight is 249 g/mol. The minimum absolute atomic E-state index is 0.128. The Morgan fingerprint density at radius 2 is 1.94 bits per heavy atom. The summed E-state index contributed by atoms with van der Waals surface area (Å²) in [7, 11) is 1.47. The van der Waals surface area contributed by atoms with Crippen LogP contribution in [0.5, 0.6) is 0 Å². The summed E-state index contributed by atoms with van der Waals surface area (Å²) >= 11 is 0. The molecule has 0 saturated heterocycles. The fourth-order valence-corrected chi connectivity index (χ4v) is 1.22. The van der Waals surface area contributed by atoms with Crippen molar-refractivity contribution in [3.05, 3.63) is 11.8 Å². The highest BCUT2D eigenvalue weighted by Crippen LogP contribution is 2.40. The monoisotopic (exact) mass is 249 g/mol. The Bertz CT molecular complexity index is 434. The van der Waals surface area contributed by atoms with Crippen LogP contribution in [0.15, 0.2) is 6.07 Å². The average Bonchev–Trinajstić information content (AvgIpc) is 2.45. The number of aromatic nitrogens is 2. The van der Waals surface area contributed by atoms with Gasteiger partial charge in [0.2, 0.25) is 5.91 Å². The topological polar surface area (TPSA) is 46.9 Å². The summed E-state index contributed by atoms with van der Waals surface area (Å²) in [5, 5.41) is 6.19. The summed E-state index contributed by atoms with van der Waals surface area (Å²) < 4.78 is 39.6. The Morgan fingerprint density at radius 3 is 2.35 bits per heavy atom. The van der Waals surface area contributed by atoms with Gasteiger partial charge in [-0.2, -0.15) is 18.3 Å². The number of hydrogen-bond donors (Lipinski definition) is 1. The van der Waals surface area contributed by atoms with Crippen LogP contribution in [0.1, 0.15) is 26.5 Å². The minimum Gasteiger partial charge on any atom is -0.311 e. The van der Waals surface area contributed by atoms with Gasteiger partial charge in [-0.15, -0.1) is 0 Å². The van der Waals surface area contributed by atoms with Gasteiger partial charge >= 0.3 is 6.18 Å². The van der Waals surface area contributed by atoms with Gasteiger partial charge in [-0.1, -0.05) is 0 Å². The third-order valence-electron chi connectivity index (χ3n) is 2.53. The molecule has 1 amide bonds. The molecular weight excluding hydrogens is 235 g/mol. The van der Waals surface area contributed by atoms with Crippen molar-refractivity contribution in [1.29, 1.82) is 0 Å². The number of amides is 1. The molecule has 0 bridgehead atoms. The lowest BCUT2D eigenvalue weighted by Gasteiger charge is -2.25. The van der Waals surface area contributed by atoms with Crippen LogP contribution >= 0.6 is 0 Å². The Labute approximate surface area is 96.8 Å². The van der Waals surface area contributed by atoms with E-state index in [2.05, 4.69) is 10.4 Å². The molecule has 0 atom stereocenters. The number of rotatable bonds is 2. The predicted molar refractivity (Wildman–Crippen MR) is 56.6 cm³/mol. The van der Waals surface area contributed by atoms with Gasteiger partial charge in [0.1, 0.15) is 11.2 Å². The number of nitrogens with one attached hydrogen (secondary N) is 1. The van der Waals surface area contributed by atoms with Crippen LogP contribution in [0.3, 0.4) is 0 Å². The van der Waals surface area contributed by atoms with Crippen molar-refractivity contribution in [2.45, 2.75) is 32.4 Å². The highest BCUT2D eigenvalue weighted by molar-refractivity contribution is 5.87. The Morgan fingerprint density at radius 1 is 1.41 bits per heavy atom. The zero-order valence-corrected chi connectivity index (χ0v) is 10.0. The molecule has 0 aliphatic heterocycles. The summed E-state index contributed by atoms with van der Waals surface area (Å²) in [5.74, 6) is -0.116. The van der Waals surface area contributed by atoms with Crippen molar-refractivity contribution in [3.8, 4) is 0 Å². The maximum Gasteiger partial charge on any atom is 0.399 e. The maximum absolute atomic E-state index is 12.8. The second-order valence-electron chi connectivity index (χ2n) is 4.34. The van der Waals surface area contributed by atoms with E-state index >= 15 is 0 Å². The SMILES string of the molecule is CC(=O)Nc1cc(C(C)(C)C(F)(F)F)nn1C. The number of anilines is 1. The second-order valence-corrected chi connectivity index (χ2v) is 4.34. The molecule has 0 saturated carbocycles. The number of carbonyl (C=O) groups is 1. The first kappa shape index (κ1) is 13.5. The first-order chi connectivity index (χ1) is 7.55. The molecule has 17 heavy (non-hydrogen) atoms. The smallest absolute Gasteiger partial charge is 0.311 e. The Kier molecular flexibility index (Phi) is 3.22. The molecule has 0 aliphatic carbocycles. The van der Waals surface area contributed by atoms with Gasteiger partial charge in [0, 0.05) is 20.0 Å². The highest BCUT2D eigenvalue weighted by Gasteiger charge is 2.50. The van der Waals surface area contributed by atoms with Crippen LogP contribution in [0, 0.1) is 0 Å². The van der Waals surface area contributed by atoms with E-state index in [1.54, 1.807) is 0 Å². The Balaban J connectivity index is 3.13. The molecule has 0 radical (unpaired) electrons. The van der Waals surface area contributed by atoms with Crippen molar-refractivity contribution in [3.63, 3.8) is 0 Å².